The molecule has 0 radical (unpaired) electrons. The SMILES string of the molecule is NC(=O)c1nc(N2CCC3(CC2)Cc2ccccc2O3)nc(N)c1-c1cccc(Cl)c1Cl. The average Bonchev–Trinajstić information content (AvgIpc) is 3.13. The van der Waals surface area contributed by atoms with E-state index < -0.39 is 5.91 Å². The van der Waals surface area contributed by atoms with Crippen molar-refractivity contribution < 1.29 is 9.53 Å². The van der Waals surface area contributed by atoms with Crippen LogP contribution in [0.15, 0.2) is 42.5 Å². The van der Waals surface area contributed by atoms with Crippen molar-refractivity contribution in [3.63, 3.8) is 0 Å². The molecule has 0 unspecified atom stereocenters. The average molecular weight is 470 g/mol. The highest BCUT2D eigenvalue weighted by Crippen LogP contribution is 2.42. The van der Waals surface area contributed by atoms with Crippen LogP contribution in [0.2, 0.25) is 10.0 Å². The van der Waals surface area contributed by atoms with Crippen LogP contribution in [0.1, 0.15) is 28.9 Å². The molecule has 0 bridgehead atoms. The predicted octanol–water partition coefficient (Wildman–Crippen LogP) is 4.11. The first-order valence-corrected chi connectivity index (χ1v) is 11.1. The molecule has 3 aromatic rings. The van der Waals surface area contributed by atoms with Crippen LogP contribution in [0.5, 0.6) is 5.75 Å². The van der Waals surface area contributed by atoms with Gasteiger partial charge < -0.3 is 21.1 Å². The lowest BCUT2D eigenvalue weighted by molar-refractivity contribution is 0.0664. The number of hydrogen-bond acceptors (Lipinski definition) is 6. The monoisotopic (exact) mass is 469 g/mol. The first-order chi connectivity index (χ1) is 15.4. The van der Waals surface area contributed by atoms with Crippen LogP contribution in [0.3, 0.4) is 0 Å². The number of rotatable bonds is 3. The van der Waals surface area contributed by atoms with Crippen LogP contribution in [-0.2, 0) is 6.42 Å². The lowest BCUT2D eigenvalue weighted by atomic mass is 9.87. The van der Waals surface area contributed by atoms with E-state index >= 15 is 0 Å². The number of halogens is 2. The molecule has 2 aliphatic rings. The van der Waals surface area contributed by atoms with Crippen molar-refractivity contribution in [2.24, 2.45) is 5.73 Å². The summed E-state index contributed by atoms with van der Waals surface area (Å²) in [6.07, 6.45) is 2.50. The fourth-order valence-corrected chi connectivity index (χ4v) is 4.90. The Balaban J connectivity index is 1.43. The fraction of sp³-hybridized carbons (Fsp3) is 0.261. The molecule has 2 aliphatic heterocycles. The second-order valence-corrected chi connectivity index (χ2v) is 8.94. The maximum atomic E-state index is 12.3. The number of piperidine rings is 1. The van der Waals surface area contributed by atoms with Crippen molar-refractivity contribution in [1.82, 2.24) is 9.97 Å². The van der Waals surface area contributed by atoms with Gasteiger partial charge in [-0.1, -0.05) is 53.5 Å². The number of carbonyl (C=O) groups excluding carboxylic acids is 1. The first-order valence-electron chi connectivity index (χ1n) is 10.3. The number of carbonyl (C=O) groups is 1. The van der Waals surface area contributed by atoms with Crippen molar-refractivity contribution >= 4 is 40.9 Å². The Morgan fingerprint density at radius 2 is 1.81 bits per heavy atom. The van der Waals surface area contributed by atoms with E-state index in [2.05, 4.69) is 16.0 Å². The van der Waals surface area contributed by atoms with Crippen molar-refractivity contribution in [3.05, 3.63) is 63.8 Å². The zero-order chi connectivity index (χ0) is 22.5. The number of nitrogens with two attached hydrogens (primary N) is 2. The van der Waals surface area contributed by atoms with Gasteiger partial charge in [0.25, 0.3) is 5.91 Å². The summed E-state index contributed by atoms with van der Waals surface area (Å²) in [5.74, 6) is 0.732. The molecule has 0 aliphatic carbocycles. The van der Waals surface area contributed by atoms with Gasteiger partial charge in [0.1, 0.15) is 22.9 Å². The molecule has 1 spiro atoms. The first kappa shape index (κ1) is 20.8. The summed E-state index contributed by atoms with van der Waals surface area (Å²) < 4.78 is 6.31. The Morgan fingerprint density at radius 3 is 2.53 bits per heavy atom. The molecular formula is C23H21Cl2N5O2. The van der Waals surface area contributed by atoms with Gasteiger partial charge in [0, 0.05) is 37.9 Å². The van der Waals surface area contributed by atoms with Crippen molar-refractivity contribution in [1.29, 1.82) is 0 Å². The minimum atomic E-state index is -0.713. The summed E-state index contributed by atoms with van der Waals surface area (Å²) in [4.78, 5) is 23.2. The molecule has 3 heterocycles. The Kier molecular flexibility index (Phi) is 5.10. The van der Waals surface area contributed by atoms with Gasteiger partial charge in [-0.3, -0.25) is 4.79 Å². The minimum absolute atomic E-state index is 0.0153. The molecule has 9 heteroatoms. The van der Waals surface area contributed by atoms with E-state index in [9.17, 15) is 4.79 Å². The number of nitrogens with zero attached hydrogens (tertiary/aromatic N) is 3. The van der Waals surface area contributed by atoms with E-state index in [4.69, 9.17) is 39.4 Å². The number of para-hydroxylation sites is 1. The second-order valence-electron chi connectivity index (χ2n) is 8.15. The Hall–Kier alpha value is -3.03. The van der Waals surface area contributed by atoms with Crippen molar-refractivity contribution in [2.45, 2.75) is 24.9 Å². The van der Waals surface area contributed by atoms with Crippen LogP contribution < -0.4 is 21.1 Å². The highest BCUT2D eigenvalue weighted by atomic mass is 35.5. The molecule has 5 rings (SSSR count). The highest BCUT2D eigenvalue weighted by Gasteiger charge is 2.42. The molecule has 0 atom stereocenters. The van der Waals surface area contributed by atoms with E-state index in [1.54, 1.807) is 18.2 Å². The standard InChI is InChI=1S/C23H21Cl2N5O2/c24-15-6-3-5-14(18(15)25)17-19(21(27)31)28-22(29-20(17)26)30-10-8-23(9-11-30)12-13-4-1-2-7-16(13)32-23/h1-7H,8-12H2,(H2,27,31)(H2,26,28,29). The number of hydrogen-bond donors (Lipinski definition) is 2. The third kappa shape index (κ3) is 3.51. The number of ether oxygens (including phenoxy) is 1. The molecule has 1 aromatic heterocycles. The van der Waals surface area contributed by atoms with E-state index in [1.807, 2.05) is 23.1 Å². The Morgan fingerprint density at radius 1 is 1.06 bits per heavy atom. The molecule has 1 saturated heterocycles. The smallest absolute Gasteiger partial charge is 0.268 e. The van der Waals surface area contributed by atoms with Gasteiger partial charge in [0.05, 0.1) is 15.6 Å². The molecule has 0 saturated carbocycles. The van der Waals surface area contributed by atoms with E-state index in [0.717, 1.165) is 25.0 Å². The zero-order valence-corrected chi connectivity index (χ0v) is 18.7. The number of amides is 1. The Bertz CT molecular complexity index is 1200. The summed E-state index contributed by atoms with van der Waals surface area (Å²) in [6.45, 7) is 1.34. The van der Waals surface area contributed by atoms with Gasteiger partial charge in [0.2, 0.25) is 5.95 Å². The van der Waals surface area contributed by atoms with Crippen LogP contribution in [-0.4, -0.2) is 34.6 Å². The van der Waals surface area contributed by atoms with Crippen LogP contribution >= 0.6 is 23.2 Å². The summed E-state index contributed by atoms with van der Waals surface area (Å²) in [5.41, 5.74) is 13.7. The molecule has 1 fully saturated rings. The third-order valence-electron chi connectivity index (χ3n) is 6.15. The number of fused-ring (bicyclic) bond motifs is 1. The van der Waals surface area contributed by atoms with Gasteiger partial charge in [0.15, 0.2) is 0 Å². The molecule has 1 amide bonds. The van der Waals surface area contributed by atoms with Gasteiger partial charge in [-0.25, -0.2) is 4.98 Å². The quantitative estimate of drug-likeness (QED) is 0.597. The third-order valence-corrected chi connectivity index (χ3v) is 6.97. The summed E-state index contributed by atoms with van der Waals surface area (Å²) in [6, 6.07) is 13.2. The van der Waals surface area contributed by atoms with Crippen LogP contribution in [0.4, 0.5) is 11.8 Å². The number of anilines is 2. The molecular weight excluding hydrogens is 449 g/mol. The molecule has 164 valence electrons. The lowest BCUT2D eigenvalue weighted by Gasteiger charge is -2.38. The number of nitrogen functional groups attached to an aromatic ring is 1. The maximum Gasteiger partial charge on any atom is 0.268 e. The van der Waals surface area contributed by atoms with E-state index in [1.165, 1.54) is 5.56 Å². The summed E-state index contributed by atoms with van der Waals surface area (Å²) >= 11 is 12.5. The summed E-state index contributed by atoms with van der Waals surface area (Å²) in [5, 5.41) is 0.597. The minimum Gasteiger partial charge on any atom is -0.487 e. The molecule has 2 aromatic carbocycles. The number of primary amides is 1. The fourth-order valence-electron chi connectivity index (χ4n) is 4.51. The molecule has 4 N–H and O–H groups in total. The molecule has 7 nitrogen and oxygen atoms in total. The van der Waals surface area contributed by atoms with Gasteiger partial charge in [-0.2, -0.15) is 4.98 Å². The normalized spacial score (nSPS) is 16.6. The van der Waals surface area contributed by atoms with Gasteiger partial charge in [-0.05, 0) is 17.7 Å². The maximum absolute atomic E-state index is 12.3. The van der Waals surface area contributed by atoms with Crippen molar-refractivity contribution in [3.8, 4) is 16.9 Å². The predicted molar refractivity (Wildman–Crippen MR) is 125 cm³/mol. The number of benzene rings is 2. The van der Waals surface area contributed by atoms with Gasteiger partial charge in [-0.15, -0.1) is 0 Å². The Labute approximate surface area is 195 Å². The van der Waals surface area contributed by atoms with E-state index in [-0.39, 0.29) is 27.7 Å². The zero-order valence-electron chi connectivity index (χ0n) is 17.1. The highest BCUT2D eigenvalue weighted by molar-refractivity contribution is 6.44. The summed E-state index contributed by atoms with van der Waals surface area (Å²) in [7, 11) is 0. The van der Waals surface area contributed by atoms with E-state index in [0.29, 0.717) is 29.6 Å². The lowest BCUT2D eigenvalue weighted by Crippen LogP contribution is -2.48. The second kappa shape index (κ2) is 7.83. The largest absolute Gasteiger partial charge is 0.487 e. The van der Waals surface area contributed by atoms with Crippen LogP contribution in [0, 0.1) is 0 Å². The number of aromatic nitrogens is 2. The van der Waals surface area contributed by atoms with Crippen LogP contribution in [0.25, 0.3) is 11.1 Å². The topological polar surface area (TPSA) is 107 Å². The van der Waals surface area contributed by atoms with Crippen molar-refractivity contribution in [2.75, 3.05) is 23.7 Å². The van der Waals surface area contributed by atoms with Gasteiger partial charge >= 0.3 is 0 Å². The molecule has 32 heavy (non-hydrogen) atoms.